The van der Waals surface area contributed by atoms with E-state index in [-0.39, 0.29) is 5.91 Å². The molecule has 2 rings (SSSR count). The molecule has 0 unspecified atom stereocenters. The third-order valence-corrected chi connectivity index (χ3v) is 2.76. The van der Waals surface area contributed by atoms with E-state index in [2.05, 4.69) is 15.3 Å². The molecule has 1 heterocycles. The summed E-state index contributed by atoms with van der Waals surface area (Å²) in [5.74, 6) is 1.30. The van der Waals surface area contributed by atoms with Crippen molar-refractivity contribution < 1.29 is 14.3 Å². The van der Waals surface area contributed by atoms with Crippen LogP contribution in [-0.2, 0) is 0 Å². The van der Waals surface area contributed by atoms with Crippen LogP contribution in [-0.4, -0.2) is 36.1 Å². The number of rotatable bonds is 6. The zero-order valence-corrected chi connectivity index (χ0v) is 11.5. The fourth-order valence-corrected chi connectivity index (χ4v) is 1.68. The van der Waals surface area contributed by atoms with Gasteiger partial charge < -0.3 is 19.8 Å². The highest BCUT2D eigenvalue weighted by Gasteiger charge is 2.10. The van der Waals surface area contributed by atoms with Gasteiger partial charge in [-0.1, -0.05) is 0 Å². The Kier molecular flexibility index (Phi) is 4.60. The van der Waals surface area contributed by atoms with Crippen LogP contribution in [0.15, 0.2) is 30.6 Å². The van der Waals surface area contributed by atoms with Crippen LogP contribution in [0.2, 0.25) is 0 Å². The van der Waals surface area contributed by atoms with Gasteiger partial charge in [-0.15, -0.1) is 0 Å². The Hall–Kier alpha value is -2.50. The van der Waals surface area contributed by atoms with Crippen LogP contribution in [0.5, 0.6) is 11.5 Å². The Bertz CT molecular complexity index is 563. The van der Waals surface area contributed by atoms with Gasteiger partial charge in [0.15, 0.2) is 0 Å². The van der Waals surface area contributed by atoms with Gasteiger partial charge in [0.05, 0.1) is 20.0 Å². The van der Waals surface area contributed by atoms with E-state index >= 15 is 0 Å². The predicted molar refractivity (Wildman–Crippen MR) is 74.1 cm³/mol. The number of amides is 1. The van der Waals surface area contributed by atoms with Gasteiger partial charge in [0.2, 0.25) is 0 Å². The van der Waals surface area contributed by atoms with Crippen LogP contribution in [0.4, 0.5) is 0 Å². The second-order valence-electron chi connectivity index (χ2n) is 4.16. The van der Waals surface area contributed by atoms with Crippen molar-refractivity contribution in [1.29, 1.82) is 0 Å². The molecule has 0 atom stereocenters. The fourth-order valence-electron chi connectivity index (χ4n) is 1.68. The van der Waals surface area contributed by atoms with Crippen molar-refractivity contribution in [3.63, 3.8) is 0 Å². The van der Waals surface area contributed by atoms with Crippen molar-refractivity contribution in [2.24, 2.45) is 0 Å². The molecular weight excluding hydrogens is 258 g/mol. The average molecular weight is 275 g/mol. The third-order valence-electron chi connectivity index (χ3n) is 2.76. The molecule has 6 heteroatoms. The van der Waals surface area contributed by atoms with E-state index in [1.165, 1.54) is 6.33 Å². The predicted octanol–water partition coefficient (Wildman–Crippen LogP) is 1.54. The van der Waals surface area contributed by atoms with E-state index in [0.717, 1.165) is 17.2 Å². The number of aromatic amines is 1. The number of ether oxygens (including phenoxy) is 2. The molecule has 106 valence electrons. The summed E-state index contributed by atoms with van der Waals surface area (Å²) in [6.45, 7) is 2.61. The van der Waals surface area contributed by atoms with Crippen LogP contribution in [0, 0.1) is 6.92 Å². The summed E-state index contributed by atoms with van der Waals surface area (Å²) in [7, 11) is 1.61. The van der Waals surface area contributed by atoms with E-state index in [9.17, 15) is 4.79 Å². The van der Waals surface area contributed by atoms with Gasteiger partial charge in [0.25, 0.3) is 5.91 Å². The lowest BCUT2D eigenvalue weighted by Gasteiger charge is -2.08. The lowest BCUT2D eigenvalue weighted by atomic mass is 10.3. The van der Waals surface area contributed by atoms with Gasteiger partial charge in [0, 0.05) is 5.69 Å². The summed E-state index contributed by atoms with van der Waals surface area (Å²) in [4.78, 5) is 18.6. The second-order valence-corrected chi connectivity index (χ2v) is 4.16. The first kappa shape index (κ1) is 13.9. The van der Waals surface area contributed by atoms with Crippen molar-refractivity contribution >= 4 is 5.91 Å². The number of nitrogens with one attached hydrogen (secondary N) is 2. The second kappa shape index (κ2) is 6.60. The molecule has 1 aromatic heterocycles. The first-order chi connectivity index (χ1) is 9.70. The lowest BCUT2D eigenvalue weighted by molar-refractivity contribution is 0.0942. The van der Waals surface area contributed by atoms with E-state index < -0.39 is 0 Å². The van der Waals surface area contributed by atoms with E-state index in [1.54, 1.807) is 14.0 Å². The summed E-state index contributed by atoms with van der Waals surface area (Å²) in [6, 6.07) is 7.28. The largest absolute Gasteiger partial charge is 0.497 e. The maximum absolute atomic E-state index is 11.8. The summed E-state index contributed by atoms with van der Waals surface area (Å²) in [6.07, 6.45) is 1.50. The van der Waals surface area contributed by atoms with Crippen molar-refractivity contribution in [3.8, 4) is 11.5 Å². The highest BCUT2D eigenvalue weighted by atomic mass is 16.5. The molecule has 0 aliphatic rings. The number of hydrogen-bond donors (Lipinski definition) is 2. The van der Waals surface area contributed by atoms with Crippen LogP contribution < -0.4 is 14.8 Å². The SMILES string of the molecule is COc1ccc(OCCNC(=O)c2nc[nH]c2C)cc1. The first-order valence-corrected chi connectivity index (χ1v) is 6.25. The Balaban J connectivity index is 1.73. The number of carbonyl (C=O) groups excluding carboxylic acids is 1. The minimum atomic E-state index is -0.206. The highest BCUT2D eigenvalue weighted by Crippen LogP contribution is 2.16. The quantitative estimate of drug-likeness (QED) is 0.784. The van der Waals surface area contributed by atoms with Gasteiger partial charge >= 0.3 is 0 Å². The number of H-pyrrole nitrogens is 1. The monoisotopic (exact) mass is 275 g/mol. The minimum Gasteiger partial charge on any atom is -0.497 e. The minimum absolute atomic E-state index is 0.206. The lowest BCUT2D eigenvalue weighted by Crippen LogP contribution is -2.28. The maximum Gasteiger partial charge on any atom is 0.271 e. The number of aryl methyl sites for hydroxylation is 1. The van der Waals surface area contributed by atoms with Crippen molar-refractivity contribution in [2.45, 2.75) is 6.92 Å². The molecule has 0 saturated carbocycles. The van der Waals surface area contributed by atoms with Gasteiger partial charge in [0.1, 0.15) is 23.8 Å². The standard InChI is InChI=1S/C14H17N3O3/c1-10-13(17-9-16-10)14(18)15-7-8-20-12-5-3-11(19-2)4-6-12/h3-6,9H,7-8H2,1-2H3,(H,15,18)(H,16,17). The van der Waals surface area contributed by atoms with Gasteiger partial charge in [-0.05, 0) is 31.2 Å². The normalized spacial score (nSPS) is 10.1. The van der Waals surface area contributed by atoms with Crippen molar-refractivity contribution in [3.05, 3.63) is 42.0 Å². The van der Waals surface area contributed by atoms with Gasteiger partial charge in [-0.3, -0.25) is 4.79 Å². The topological polar surface area (TPSA) is 76.2 Å². The van der Waals surface area contributed by atoms with E-state index in [4.69, 9.17) is 9.47 Å². The molecule has 20 heavy (non-hydrogen) atoms. The molecule has 6 nitrogen and oxygen atoms in total. The van der Waals surface area contributed by atoms with Crippen LogP contribution in [0.25, 0.3) is 0 Å². The molecule has 0 aliphatic heterocycles. The molecule has 0 spiro atoms. The fraction of sp³-hybridized carbons (Fsp3) is 0.286. The zero-order valence-electron chi connectivity index (χ0n) is 11.5. The van der Waals surface area contributed by atoms with Crippen molar-refractivity contribution in [2.75, 3.05) is 20.3 Å². The molecule has 0 radical (unpaired) electrons. The molecule has 1 aromatic carbocycles. The molecule has 2 aromatic rings. The smallest absolute Gasteiger partial charge is 0.271 e. The first-order valence-electron chi connectivity index (χ1n) is 6.25. The molecule has 1 amide bonds. The number of hydrogen-bond acceptors (Lipinski definition) is 4. The number of imidazole rings is 1. The molecule has 0 aliphatic carbocycles. The van der Waals surface area contributed by atoms with Gasteiger partial charge in [-0.2, -0.15) is 0 Å². The van der Waals surface area contributed by atoms with Crippen LogP contribution >= 0.6 is 0 Å². The average Bonchev–Trinajstić information content (AvgIpc) is 2.90. The summed E-state index contributed by atoms with van der Waals surface area (Å²) in [5.41, 5.74) is 1.16. The molecule has 0 bridgehead atoms. The van der Waals surface area contributed by atoms with Crippen LogP contribution in [0.3, 0.4) is 0 Å². The van der Waals surface area contributed by atoms with E-state index in [0.29, 0.717) is 18.8 Å². The summed E-state index contributed by atoms with van der Waals surface area (Å²) in [5, 5.41) is 2.75. The molecular formula is C14H17N3O3. The third kappa shape index (κ3) is 3.50. The summed E-state index contributed by atoms with van der Waals surface area (Å²) >= 11 is 0. The Morgan fingerprint density at radius 2 is 2.00 bits per heavy atom. The number of aromatic nitrogens is 2. The summed E-state index contributed by atoms with van der Waals surface area (Å²) < 4.78 is 10.6. The number of benzene rings is 1. The molecule has 0 fully saturated rings. The Labute approximate surface area is 117 Å². The van der Waals surface area contributed by atoms with Crippen molar-refractivity contribution in [1.82, 2.24) is 15.3 Å². The zero-order chi connectivity index (χ0) is 14.4. The molecule has 2 N–H and O–H groups in total. The highest BCUT2D eigenvalue weighted by molar-refractivity contribution is 5.93. The number of methoxy groups -OCH3 is 1. The van der Waals surface area contributed by atoms with Crippen LogP contribution in [0.1, 0.15) is 16.2 Å². The molecule has 0 saturated heterocycles. The Morgan fingerprint density at radius 1 is 1.30 bits per heavy atom. The number of nitrogens with zero attached hydrogens (tertiary/aromatic N) is 1. The van der Waals surface area contributed by atoms with Gasteiger partial charge in [-0.25, -0.2) is 4.98 Å². The number of carbonyl (C=O) groups is 1. The van der Waals surface area contributed by atoms with E-state index in [1.807, 2.05) is 24.3 Å². The Morgan fingerprint density at radius 3 is 2.60 bits per heavy atom. The maximum atomic E-state index is 11.8.